The van der Waals surface area contributed by atoms with Gasteiger partial charge in [-0.25, -0.2) is 0 Å². The van der Waals surface area contributed by atoms with Crippen LogP contribution < -0.4 is 0 Å². The van der Waals surface area contributed by atoms with Gasteiger partial charge in [0, 0.05) is 5.66 Å². The first-order valence-electron chi connectivity index (χ1n) is 3.24. The number of rotatable bonds is 0. The highest BCUT2D eigenvalue weighted by Gasteiger charge is 2.35. The standard InChI is InChI=1S/C6H12ClOP/c1-4-5(2)8-9(7)6(4)3/h4-6H,1-3H3. The fourth-order valence-corrected chi connectivity index (χ4v) is 3.15. The monoisotopic (exact) mass is 166 g/mol. The average Bonchev–Trinajstić information content (AvgIpc) is 1.98. The second kappa shape index (κ2) is 2.74. The van der Waals surface area contributed by atoms with E-state index in [1.807, 2.05) is 0 Å². The Bertz CT molecular complexity index is 97.2. The van der Waals surface area contributed by atoms with Gasteiger partial charge in [0.15, 0.2) is 0 Å². The first-order valence-corrected chi connectivity index (χ1v) is 5.48. The van der Waals surface area contributed by atoms with Gasteiger partial charge in [0.2, 0.25) is 0 Å². The minimum Gasteiger partial charge on any atom is -0.340 e. The molecule has 0 spiro atoms. The lowest BCUT2D eigenvalue weighted by atomic mass is 10.0. The largest absolute Gasteiger partial charge is 0.340 e. The smallest absolute Gasteiger partial charge is 0.128 e. The quantitative estimate of drug-likeness (QED) is 0.503. The Balaban J connectivity index is 2.54. The molecule has 3 heteroatoms. The molecule has 0 saturated carbocycles. The van der Waals surface area contributed by atoms with Gasteiger partial charge in [-0.05, 0) is 12.8 Å². The molecule has 0 N–H and O–H groups in total. The molecule has 0 amide bonds. The molecule has 9 heavy (non-hydrogen) atoms. The Morgan fingerprint density at radius 1 is 1.33 bits per heavy atom. The molecule has 0 aromatic heterocycles. The van der Waals surface area contributed by atoms with Gasteiger partial charge < -0.3 is 4.52 Å². The van der Waals surface area contributed by atoms with Gasteiger partial charge >= 0.3 is 0 Å². The van der Waals surface area contributed by atoms with Crippen molar-refractivity contribution >= 4 is 18.7 Å². The summed E-state index contributed by atoms with van der Waals surface area (Å²) in [6, 6.07) is 0. The van der Waals surface area contributed by atoms with Crippen LogP contribution in [0.1, 0.15) is 20.8 Å². The molecular formula is C6H12ClOP. The van der Waals surface area contributed by atoms with Crippen LogP contribution in [0.5, 0.6) is 0 Å². The summed E-state index contributed by atoms with van der Waals surface area (Å²) in [6.45, 7) is 6.44. The fourth-order valence-electron chi connectivity index (χ4n) is 0.928. The highest BCUT2D eigenvalue weighted by atomic mass is 35.7. The summed E-state index contributed by atoms with van der Waals surface area (Å²) in [5, 5.41) is 0. The maximum Gasteiger partial charge on any atom is 0.128 e. The van der Waals surface area contributed by atoms with E-state index < -0.39 is 7.50 Å². The maximum absolute atomic E-state index is 5.89. The molecule has 54 valence electrons. The third kappa shape index (κ3) is 1.39. The molecule has 1 heterocycles. The molecule has 1 aliphatic heterocycles. The van der Waals surface area contributed by atoms with Crippen molar-refractivity contribution in [2.75, 3.05) is 0 Å². The summed E-state index contributed by atoms with van der Waals surface area (Å²) in [7, 11) is -0.633. The molecule has 4 unspecified atom stereocenters. The van der Waals surface area contributed by atoms with Gasteiger partial charge in [-0.15, -0.1) is 0 Å². The highest BCUT2D eigenvalue weighted by molar-refractivity contribution is 7.80. The Hall–Kier alpha value is 0.680. The van der Waals surface area contributed by atoms with Crippen molar-refractivity contribution in [1.29, 1.82) is 0 Å². The molecular weight excluding hydrogens is 154 g/mol. The molecule has 0 radical (unpaired) electrons. The number of hydrogen-bond acceptors (Lipinski definition) is 1. The lowest BCUT2D eigenvalue weighted by Gasteiger charge is -2.08. The summed E-state index contributed by atoms with van der Waals surface area (Å²) in [6.07, 6.45) is 0.364. The molecule has 0 bridgehead atoms. The van der Waals surface area contributed by atoms with Gasteiger partial charge in [0.25, 0.3) is 0 Å². The van der Waals surface area contributed by atoms with Crippen LogP contribution in [0.2, 0.25) is 0 Å². The van der Waals surface area contributed by atoms with Crippen LogP contribution in [-0.4, -0.2) is 11.8 Å². The summed E-state index contributed by atoms with van der Waals surface area (Å²) in [5.41, 5.74) is 0.566. The van der Waals surface area contributed by atoms with E-state index in [0.717, 1.165) is 0 Å². The summed E-state index contributed by atoms with van der Waals surface area (Å²) < 4.78 is 5.42. The molecule has 1 nitrogen and oxygen atoms in total. The molecule has 4 atom stereocenters. The van der Waals surface area contributed by atoms with E-state index in [1.54, 1.807) is 0 Å². The number of halogens is 1. The van der Waals surface area contributed by atoms with Gasteiger partial charge in [-0.3, -0.25) is 0 Å². The van der Waals surface area contributed by atoms with Gasteiger partial charge in [0.1, 0.15) is 7.50 Å². The van der Waals surface area contributed by atoms with Crippen LogP contribution in [0.15, 0.2) is 0 Å². The molecule has 1 fully saturated rings. The Labute approximate surface area is 62.4 Å². The van der Waals surface area contributed by atoms with Crippen molar-refractivity contribution in [3.8, 4) is 0 Å². The lowest BCUT2D eigenvalue weighted by Crippen LogP contribution is -2.13. The average molecular weight is 167 g/mol. The van der Waals surface area contributed by atoms with E-state index in [2.05, 4.69) is 20.8 Å². The third-order valence-corrected chi connectivity index (χ3v) is 4.90. The van der Waals surface area contributed by atoms with E-state index in [0.29, 0.717) is 17.7 Å². The van der Waals surface area contributed by atoms with Crippen molar-refractivity contribution in [1.82, 2.24) is 0 Å². The summed E-state index contributed by atoms with van der Waals surface area (Å²) >= 11 is 5.89. The van der Waals surface area contributed by atoms with Crippen molar-refractivity contribution in [3.05, 3.63) is 0 Å². The maximum atomic E-state index is 5.89. The van der Waals surface area contributed by atoms with Crippen LogP contribution in [-0.2, 0) is 4.52 Å². The second-order valence-electron chi connectivity index (χ2n) is 2.68. The summed E-state index contributed by atoms with van der Waals surface area (Å²) in [5.74, 6) is 0.633. The first-order chi connectivity index (χ1) is 4.13. The number of hydrogen-bond donors (Lipinski definition) is 0. The minimum atomic E-state index is -0.633. The summed E-state index contributed by atoms with van der Waals surface area (Å²) in [4.78, 5) is 0. The van der Waals surface area contributed by atoms with Gasteiger partial charge in [0.05, 0.1) is 6.10 Å². The minimum absolute atomic E-state index is 0.364. The first kappa shape index (κ1) is 7.78. The molecule has 1 aliphatic rings. The van der Waals surface area contributed by atoms with Crippen molar-refractivity contribution in [2.24, 2.45) is 5.92 Å². The van der Waals surface area contributed by atoms with E-state index in [4.69, 9.17) is 15.8 Å². The highest BCUT2D eigenvalue weighted by Crippen LogP contribution is 2.58. The molecule has 1 rings (SSSR count). The van der Waals surface area contributed by atoms with E-state index in [-0.39, 0.29) is 0 Å². The lowest BCUT2D eigenvalue weighted by molar-refractivity contribution is 0.224. The van der Waals surface area contributed by atoms with Crippen LogP contribution in [0.25, 0.3) is 0 Å². The fraction of sp³-hybridized carbons (Fsp3) is 1.00. The topological polar surface area (TPSA) is 9.23 Å². The predicted octanol–water partition coefficient (Wildman–Crippen LogP) is 2.98. The third-order valence-electron chi connectivity index (χ3n) is 2.09. The van der Waals surface area contributed by atoms with Crippen LogP contribution in [0, 0.1) is 5.92 Å². The van der Waals surface area contributed by atoms with E-state index >= 15 is 0 Å². The normalized spacial score (nSPS) is 52.0. The Morgan fingerprint density at radius 3 is 2.00 bits per heavy atom. The Morgan fingerprint density at radius 2 is 1.89 bits per heavy atom. The van der Waals surface area contributed by atoms with Crippen molar-refractivity contribution < 1.29 is 4.52 Å². The zero-order valence-electron chi connectivity index (χ0n) is 5.97. The van der Waals surface area contributed by atoms with Crippen molar-refractivity contribution in [2.45, 2.75) is 32.5 Å². The van der Waals surface area contributed by atoms with Crippen LogP contribution >= 0.6 is 18.7 Å². The van der Waals surface area contributed by atoms with Crippen LogP contribution in [0.4, 0.5) is 0 Å². The second-order valence-corrected chi connectivity index (χ2v) is 5.25. The van der Waals surface area contributed by atoms with Gasteiger partial charge in [-0.2, -0.15) is 0 Å². The van der Waals surface area contributed by atoms with E-state index in [9.17, 15) is 0 Å². The molecule has 0 aromatic rings. The Kier molecular flexibility index (Phi) is 2.37. The molecule has 0 aliphatic carbocycles. The molecule has 1 saturated heterocycles. The van der Waals surface area contributed by atoms with Crippen molar-refractivity contribution in [3.63, 3.8) is 0 Å². The van der Waals surface area contributed by atoms with E-state index in [1.165, 1.54) is 0 Å². The zero-order valence-corrected chi connectivity index (χ0v) is 7.62. The van der Waals surface area contributed by atoms with Crippen LogP contribution in [0.3, 0.4) is 0 Å². The predicted molar refractivity (Wildman–Crippen MR) is 41.9 cm³/mol. The molecule has 0 aromatic carbocycles. The SMILES string of the molecule is CC1OP(Cl)C(C)C1C. The zero-order chi connectivity index (χ0) is 7.02. The van der Waals surface area contributed by atoms with Gasteiger partial charge in [-0.1, -0.05) is 25.1 Å².